The van der Waals surface area contributed by atoms with Crippen LogP contribution in [0.5, 0.6) is 0 Å². The van der Waals surface area contributed by atoms with E-state index in [4.69, 9.17) is 0 Å². The quantitative estimate of drug-likeness (QED) is 0.814. The van der Waals surface area contributed by atoms with Gasteiger partial charge in [-0.05, 0) is 18.1 Å². The molecule has 1 fully saturated rings. The number of benzene rings is 1. The summed E-state index contributed by atoms with van der Waals surface area (Å²) in [6.45, 7) is 4.95. The van der Waals surface area contributed by atoms with Gasteiger partial charge in [0.2, 0.25) is 0 Å². The molecule has 17 heavy (non-hydrogen) atoms. The Hall–Kier alpha value is -1.39. The molecule has 0 spiro atoms. The third-order valence-corrected chi connectivity index (χ3v) is 3.27. The summed E-state index contributed by atoms with van der Waals surface area (Å²) in [4.78, 5) is 13.2. The average Bonchev–Trinajstić information content (AvgIpc) is 2.32. The predicted octanol–water partition coefficient (Wildman–Crippen LogP) is 0.853. The largest absolute Gasteiger partial charge is 0.480 e. The number of nitrogens with one attached hydrogen (secondary N) is 1. The highest BCUT2D eigenvalue weighted by atomic mass is 16.4. The zero-order chi connectivity index (χ0) is 12.3. The molecule has 1 aromatic rings. The molecule has 0 aromatic heterocycles. The fourth-order valence-electron chi connectivity index (χ4n) is 2.19. The minimum atomic E-state index is -0.745. The first kappa shape index (κ1) is 12.1. The Kier molecular flexibility index (Phi) is 3.76. The maximum absolute atomic E-state index is 11.2. The molecule has 1 aromatic carbocycles. The standard InChI is InChI=1S/C13H18N2O2/c1-10-4-2-3-5-11(10)9-15-7-6-14-8-12(15)13(16)17/h2-5,12,14H,6-9H2,1H3,(H,16,17). The summed E-state index contributed by atoms with van der Waals surface area (Å²) in [6.07, 6.45) is 0. The van der Waals surface area contributed by atoms with Crippen LogP contribution in [0.15, 0.2) is 24.3 Å². The highest BCUT2D eigenvalue weighted by molar-refractivity contribution is 5.74. The van der Waals surface area contributed by atoms with Crippen molar-refractivity contribution in [2.24, 2.45) is 0 Å². The van der Waals surface area contributed by atoms with Crippen molar-refractivity contribution in [2.45, 2.75) is 19.5 Å². The van der Waals surface area contributed by atoms with Gasteiger partial charge in [-0.3, -0.25) is 9.69 Å². The van der Waals surface area contributed by atoms with Gasteiger partial charge in [-0.15, -0.1) is 0 Å². The van der Waals surface area contributed by atoms with Crippen molar-refractivity contribution < 1.29 is 9.90 Å². The first-order valence-corrected chi connectivity index (χ1v) is 5.90. The Morgan fingerprint density at radius 1 is 1.53 bits per heavy atom. The lowest BCUT2D eigenvalue weighted by molar-refractivity contribution is -0.144. The molecular weight excluding hydrogens is 216 g/mol. The van der Waals surface area contributed by atoms with Crippen LogP contribution in [0.4, 0.5) is 0 Å². The summed E-state index contributed by atoms with van der Waals surface area (Å²) in [6, 6.07) is 7.72. The molecule has 4 nitrogen and oxygen atoms in total. The molecule has 1 aliphatic rings. The highest BCUT2D eigenvalue weighted by Gasteiger charge is 2.28. The fourth-order valence-corrected chi connectivity index (χ4v) is 2.19. The number of nitrogens with zero attached hydrogens (tertiary/aromatic N) is 1. The number of aryl methyl sites for hydroxylation is 1. The monoisotopic (exact) mass is 234 g/mol. The van der Waals surface area contributed by atoms with Crippen LogP contribution in [0.2, 0.25) is 0 Å². The van der Waals surface area contributed by atoms with Gasteiger partial charge in [0.05, 0.1) is 0 Å². The third kappa shape index (κ3) is 2.84. The molecule has 92 valence electrons. The van der Waals surface area contributed by atoms with Gasteiger partial charge in [0.15, 0.2) is 0 Å². The van der Waals surface area contributed by atoms with Gasteiger partial charge in [0.25, 0.3) is 0 Å². The van der Waals surface area contributed by atoms with E-state index in [9.17, 15) is 9.90 Å². The molecule has 4 heteroatoms. The molecule has 1 atom stereocenters. The molecule has 2 rings (SSSR count). The van der Waals surface area contributed by atoms with Crippen LogP contribution in [-0.4, -0.2) is 41.7 Å². The number of hydrogen-bond acceptors (Lipinski definition) is 3. The van der Waals surface area contributed by atoms with E-state index >= 15 is 0 Å². The highest BCUT2D eigenvalue weighted by Crippen LogP contribution is 2.14. The number of hydrogen-bond donors (Lipinski definition) is 2. The van der Waals surface area contributed by atoms with Gasteiger partial charge in [-0.25, -0.2) is 0 Å². The van der Waals surface area contributed by atoms with Gasteiger partial charge in [0.1, 0.15) is 6.04 Å². The van der Waals surface area contributed by atoms with Crippen LogP contribution in [-0.2, 0) is 11.3 Å². The van der Waals surface area contributed by atoms with Crippen LogP contribution >= 0.6 is 0 Å². The van der Waals surface area contributed by atoms with Crippen LogP contribution in [0.25, 0.3) is 0 Å². The van der Waals surface area contributed by atoms with E-state index in [1.807, 2.05) is 17.0 Å². The summed E-state index contributed by atoms with van der Waals surface area (Å²) in [7, 11) is 0. The molecule has 1 unspecified atom stereocenters. The number of carbonyl (C=O) groups is 1. The molecule has 0 saturated carbocycles. The minimum Gasteiger partial charge on any atom is -0.480 e. The van der Waals surface area contributed by atoms with E-state index in [2.05, 4.69) is 24.4 Å². The van der Waals surface area contributed by atoms with Crippen molar-refractivity contribution in [2.75, 3.05) is 19.6 Å². The van der Waals surface area contributed by atoms with Crippen molar-refractivity contribution in [3.63, 3.8) is 0 Å². The molecule has 0 amide bonds. The number of piperazine rings is 1. The Morgan fingerprint density at radius 3 is 3.00 bits per heavy atom. The normalized spacial score (nSPS) is 21.4. The van der Waals surface area contributed by atoms with Crippen LogP contribution in [0.1, 0.15) is 11.1 Å². The predicted molar refractivity (Wildman–Crippen MR) is 65.9 cm³/mol. The summed E-state index contributed by atoms with van der Waals surface area (Å²) in [5.74, 6) is -0.745. The lowest BCUT2D eigenvalue weighted by Crippen LogP contribution is -2.54. The Balaban J connectivity index is 2.11. The number of carboxylic acid groups (broad SMARTS) is 1. The SMILES string of the molecule is Cc1ccccc1CN1CCNCC1C(=O)O. The van der Waals surface area contributed by atoms with E-state index < -0.39 is 12.0 Å². The molecular formula is C13H18N2O2. The molecule has 0 radical (unpaired) electrons. The third-order valence-electron chi connectivity index (χ3n) is 3.27. The summed E-state index contributed by atoms with van der Waals surface area (Å²) < 4.78 is 0. The van der Waals surface area contributed by atoms with Crippen molar-refractivity contribution >= 4 is 5.97 Å². The van der Waals surface area contributed by atoms with Crippen LogP contribution in [0.3, 0.4) is 0 Å². The van der Waals surface area contributed by atoms with E-state index in [0.29, 0.717) is 13.1 Å². The zero-order valence-corrected chi connectivity index (χ0v) is 10.0. The Labute approximate surface area is 101 Å². The van der Waals surface area contributed by atoms with Crippen molar-refractivity contribution in [3.8, 4) is 0 Å². The lowest BCUT2D eigenvalue weighted by Gasteiger charge is -2.33. The van der Waals surface area contributed by atoms with Gasteiger partial charge >= 0.3 is 5.97 Å². The van der Waals surface area contributed by atoms with Gasteiger partial charge in [-0.2, -0.15) is 0 Å². The molecule has 1 heterocycles. The topological polar surface area (TPSA) is 52.6 Å². The maximum Gasteiger partial charge on any atom is 0.322 e. The molecule has 2 N–H and O–H groups in total. The fraction of sp³-hybridized carbons (Fsp3) is 0.462. The molecule has 0 aliphatic carbocycles. The summed E-state index contributed by atoms with van der Waals surface area (Å²) in [5, 5.41) is 12.3. The Bertz CT molecular complexity index is 406. The second-order valence-corrected chi connectivity index (χ2v) is 4.46. The van der Waals surface area contributed by atoms with E-state index in [0.717, 1.165) is 13.1 Å². The first-order valence-electron chi connectivity index (χ1n) is 5.90. The average molecular weight is 234 g/mol. The second kappa shape index (κ2) is 5.29. The van der Waals surface area contributed by atoms with Gasteiger partial charge < -0.3 is 10.4 Å². The second-order valence-electron chi connectivity index (χ2n) is 4.46. The zero-order valence-electron chi connectivity index (χ0n) is 10.0. The summed E-state index contributed by atoms with van der Waals surface area (Å²) in [5.41, 5.74) is 2.43. The van der Waals surface area contributed by atoms with Crippen molar-refractivity contribution in [3.05, 3.63) is 35.4 Å². The van der Waals surface area contributed by atoms with Gasteiger partial charge in [0, 0.05) is 26.2 Å². The maximum atomic E-state index is 11.2. The smallest absolute Gasteiger partial charge is 0.322 e. The number of rotatable bonds is 3. The van der Waals surface area contributed by atoms with Gasteiger partial charge in [-0.1, -0.05) is 24.3 Å². The van der Waals surface area contributed by atoms with E-state index in [1.165, 1.54) is 11.1 Å². The van der Waals surface area contributed by atoms with Crippen LogP contribution < -0.4 is 5.32 Å². The number of aliphatic carboxylic acids is 1. The molecule has 1 aliphatic heterocycles. The van der Waals surface area contributed by atoms with Crippen LogP contribution in [0, 0.1) is 6.92 Å². The minimum absolute atomic E-state index is 0.414. The van der Waals surface area contributed by atoms with E-state index in [1.54, 1.807) is 0 Å². The Morgan fingerprint density at radius 2 is 2.29 bits per heavy atom. The summed E-state index contributed by atoms with van der Waals surface area (Å²) >= 11 is 0. The first-order chi connectivity index (χ1) is 8.18. The van der Waals surface area contributed by atoms with Crippen molar-refractivity contribution in [1.29, 1.82) is 0 Å². The molecule has 0 bridgehead atoms. The van der Waals surface area contributed by atoms with Crippen molar-refractivity contribution in [1.82, 2.24) is 10.2 Å². The van der Waals surface area contributed by atoms with E-state index in [-0.39, 0.29) is 0 Å². The molecule has 1 saturated heterocycles. The number of carboxylic acids is 1. The lowest BCUT2D eigenvalue weighted by atomic mass is 10.1.